The van der Waals surface area contributed by atoms with E-state index in [0.717, 1.165) is 10.0 Å². The van der Waals surface area contributed by atoms with E-state index >= 15 is 0 Å². The molecule has 0 saturated heterocycles. The molecule has 0 aliphatic carbocycles. The lowest BCUT2D eigenvalue weighted by molar-refractivity contribution is -0.136. The maximum absolute atomic E-state index is 13.1. The fourth-order valence-electron chi connectivity index (χ4n) is 2.84. The third-order valence-electron chi connectivity index (χ3n) is 4.03. The Morgan fingerprint density at radius 3 is 2.50 bits per heavy atom. The molecule has 2 aromatic carbocycles. The number of benzene rings is 2. The second-order valence-electron chi connectivity index (χ2n) is 5.68. The zero-order valence-electron chi connectivity index (χ0n) is 14.1. The number of nitrogens with zero attached hydrogens (tertiary/aromatic N) is 1. The number of carbonyl (C=O) groups is 2. The van der Waals surface area contributed by atoms with Gasteiger partial charge in [-0.25, -0.2) is 4.79 Å². The minimum absolute atomic E-state index is 0.257. The molecule has 0 unspecified atom stereocenters. The van der Waals surface area contributed by atoms with Gasteiger partial charge in [0.2, 0.25) is 0 Å². The van der Waals surface area contributed by atoms with E-state index in [-0.39, 0.29) is 11.5 Å². The number of anilines is 1. The molecule has 0 radical (unpaired) electrons. The lowest BCUT2D eigenvalue weighted by atomic mass is 10.0. The predicted molar refractivity (Wildman–Crippen MR) is 106 cm³/mol. The van der Waals surface area contributed by atoms with E-state index in [9.17, 15) is 9.59 Å². The first-order valence-corrected chi connectivity index (χ1v) is 8.96. The number of esters is 1. The zero-order valence-corrected chi connectivity index (χ0v) is 16.5. The van der Waals surface area contributed by atoms with Crippen molar-refractivity contribution in [2.75, 3.05) is 12.0 Å². The summed E-state index contributed by atoms with van der Waals surface area (Å²) in [5.41, 5.74) is 2.51. The van der Waals surface area contributed by atoms with Gasteiger partial charge in [-0.2, -0.15) is 0 Å². The van der Waals surface area contributed by atoms with Crippen LogP contribution in [0.25, 0.3) is 6.08 Å². The van der Waals surface area contributed by atoms with Gasteiger partial charge >= 0.3 is 5.97 Å². The van der Waals surface area contributed by atoms with E-state index < -0.39 is 5.97 Å². The number of amides is 1. The Labute approximate surface area is 164 Å². The second kappa shape index (κ2) is 7.48. The first-order chi connectivity index (χ1) is 12.4. The van der Waals surface area contributed by atoms with E-state index in [4.69, 9.17) is 16.3 Å². The highest BCUT2D eigenvalue weighted by Gasteiger charge is 2.37. The number of carbonyl (C=O) groups excluding carboxylic acids is 2. The van der Waals surface area contributed by atoms with Crippen molar-refractivity contribution in [3.05, 3.63) is 80.4 Å². The quantitative estimate of drug-likeness (QED) is 0.508. The molecule has 1 heterocycles. The molecular formula is C20H15BrClNO3. The van der Waals surface area contributed by atoms with Crippen LogP contribution in [0.2, 0.25) is 5.02 Å². The van der Waals surface area contributed by atoms with Gasteiger partial charge in [0, 0.05) is 20.9 Å². The van der Waals surface area contributed by atoms with Gasteiger partial charge < -0.3 is 4.74 Å². The number of rotatable bonds is 3. The SMILES string of the molecule is COC(=O)C1=C(C)N(c2ccc(Cl)cc2)C(=O)/C1=C\c1cccc(Br)c1. The molecule has 0 N–H and O–H groups in total. The number of hydrogen-bond donors (Lipinski definition) is 0. The van der Waals surface area contributed by atoms with E-state index in [1.165, 1.54) is 12.0 Å². The van der Waals surface area contributed by atoms with E-state index in [2.05, 4.69) is 15.9 Å². The predicted octanol–water partition coefficient (Wildman–Crippen LogP) is 4.98. The molecule has 0 bridgehead atoms. The van der Waals surface area contributed by atoms with E-state index in [1.807, 2.05) is 24.3 Å². The Morgan fingerprint density at radius 2 is 1.88 bits per heavy atom. The zero-order chi connectivity index (χ0) is 18.8. The molecule has 1 aliphatic heterocycles. The highest BCUT2D eigenvalue weighted by Crippen LogP contribution is 2.35. The van der Waals surface area contributed by atoms with Crippen molar-refractivity contribution in [1.29, 1.82) is 0 Å². The van der Waals surface area contributed by atoms with Crippen LogP contribution < -0.4 is 4.90 Å². The van der Waals surface area contributed by atoms with Crippen LogP contribution in [0, 0.1) is 0 Å². The molecule has 26 heavy (non-hydrogen) atoms. The molecule has 0 aromatic heterocycles. The normalized spacial score (nSPS) is 15.8. The number of allylic oxidation sites excluding steroid dienone is 1. The Bertz CT molecular complexity index is 948. The summed E-state index contributed by atoms with van der Waals surface area (Å²) in [6, 6.07) is 14.4. The van der Waals surface area contributed by atoms with Crippen molar-refractivity contribution in [1.82, 2.24) is 0 Å². The Morgan fingerprint density at radius 1 is 1.19 bits per heavy atom. The molecule has 1 amide bonds. The van der Waals surface area contributed by atoms with Crippen LogP contribution in [-0.4, -0.2) is 19.0 Å². The van der Waals surface area contributed by atoms with Crippen molar-refractivity contribution in [3.8, 4) is 0 Å². The highest BCUT2D eigenvalue weighted by atomic mass is 79.9. The topological polar surface area (TPSA) is 46.6 Å². The minimum Gasteiger partial charge on any atom is -0.465 e. The maximum Gasteiger partial charge on any atom is 0.340 e. The molecule has 3 rings (SSSR count). The summed E-state index contributed by atoms with van der Waals surface area (Å²) >= 11 is 9.35. The summed E-state index contributed by atoms with van der Waals surface area (Å²) in [5.74, 6) is -0.834. The monoisotopic (exact) mass is 431 g/mol. The van der Waals surface area contributed by atoms with Gasteiger partial charge in [-0.3, -0.25) is 9.69 Å². The second-order valence-corrected chi connectivity index (χ2v) is 7.03. The van der Waals surface area contributed by atoms with Crippen LogP contribution in [0.4, 0.5) is 5.69 Å². The van der Waals surface area contributed by atoms with Crippen LogP contribution in [0.15, 0.2) is 69.8 Å². The Hall–Kier alpha value is -2.37. The summed E-state index contributed by atoms with van der Waals surface area (Å²) in [6.45, 7) is 1.72. The van der Waals surface area contributed by atoms with Gasteiger partial charge in [0.25, 0.3) is 5.91 Å². The summed E-state index contributed by atoms with van der Waals surface area (Å²) < 4.78 is 5.78. The van der Waals surface area contributed by atoms with Gasteiger partial charge in [-0.15, -0.1) is 0 Å². The lowest BCUT2D eigenvalue weighted by Crippen LogP contribution is -2.24. The molecule has 132 valence electrons. The van der Waals surface area contributed by atoms with Crippen LogP contribution in [0.5, 0.6) is 0 Å². The van der Waals surface area contributed by atoms with Gasteiger partial charge in [-0.05, 0) is 55.0 Å². The van der Waals surface area contributed by atoms with Gasteiger partial charge in [0.1, 0.15) is 0 Å². The van der Waals surface area contributed by atoms with Crippen molar-refractivity contribution in [3.63, 3.8) is 0 Å². The lowest BCUT2D eigenvalue weighted by Gasteiger charge is -2.17. The molecule has 0 atom stereocenters. The maximum atomic E-state index is 13.1. The van der Waals surface area contributed by atoms with Crippen molar-refractivity contribution >= 4 is 51.2 Å². The van der Waals surface area contributed by atoms with Gasteiger partial charge in [0.05, 0.1) is 18.3 Å². The van der Waals surface area contributed by atoms with Gasteiger partial charge in [-0.1, -0.05) is 39.7 Å². The average molecular weight is 433 g/mol. The molecule has 0 saturated carbocycles. The van der Waals surface area contributed by atoms with Crippen molar-refractivity contribution in [2.45, 2.75) is 6.92 Å². The molecule has 0 fully saturated rings. The fourth-order valence-corrected chi connectivity index (χ4v) is 3.39. The molecule has 6 heteroatoms. The third kappa shape index (κ3) is 3.45. The van der Waals surface area contributed by atoms with Crippen LogP contribution in [-0.2, 0) is 14.3 Å². The molecule has 0 spiro atoms. The number of methoxy groups -OCH3 is 1. The average Bonchev–Trinajstić information content (AvgIpc) is 2.86. The Balaban J connectivity index is 2.13. The number of ether oxygens (including phenoxy) is 1. The summed E-state index contributed by atoms with van der Waals surface area (Å²) in [7, 11) is 1.30. The summed E-state index contributed by atoms with van der Waals surface area (Å²) in [6.07, 6.45) is 1.69. The van der Waals surface area contributed by atoms with Crippen molar-refractivity contribution in [2.24, 2.45) is 0 Å². The van der Waals surface area contributed by atoms with Crippen molar-refractivity contribution < 1.29 is 14.3 Å². The standard InChI is InChI=1S/C20H15BrClNO3/c1-12-18(20(25)26-2)17(11-13-4-3-5-14(21)10-13)19(24)23(12)16-8-6-15(22)7-9-16/h3-11H,1-2H3/b17-11-. The number of hydrogen-bond acceptors (Lipinski definition) is 3. The molecular weight excluding hydrogens is 418 g/mol. The molecule has 4 nitrogen and oxygen atoms in total. The van der Waals surface area contributed by atoms with Crippen LogP contribution in [0.3, 0.4) is 0 Å². The molecule has 2 aromatic rings. The first-order valence-electron chi connectivity index (χ1n) is 7.79. The van der Waals surface area contributed by atoms with Gasteiger partial charge in [0.15, 0.2) is 0 Å². The third-order valence-corrected chi connectivity index (χ3v) is 4.78. The largest absolute Gasteiger partial charge is 0.465 e. The fraction of sp³-hybridized carbons (Fsp3) is 0.100. The van der Waals surface area contributed by atoms with E-state index in [0.29, 0.717) is 22.0 Å². The summed E-state index contributed by atoms with van der Waals surface area (Å²) in [5, 5.41) is 0.570. The minimum atomic E-state index is -0.548. The van der Waals surface area contributed by atoms with E-state index in [1.54, 1.807) is 37.3 Å². The van der Waals surface area contributed by atoms with Crippen LogP contribution in [0.1, 0.15) is 12.5 Å². The smallest absolute Gasteiger partial charge is 0.340 e. The Kier molecular flexibility index (Phi) is 5.30. The molecule has 1 aliphatic rings. The highest BCUT2D eigenvalue weighted by molar-refractivity contribution is 9.10. The number of halogens is 2. The summed E-state index contributed by atoms with van der Waals surface area (Å²) in [4.78, 5) is 26.9. The first kappa shape index (κ1) is 18.4. The van der Waals surface area contributed by atoms with Crippen LogP contribution >= 0.6 is 27.5 Å².